The third-order valence-electron chi connectivity index (χ3n) is 5.10. The van der Waals surface area contributed by atoms with Crippen molar-refractivity contribution >= 4 is 21.4 Å². The van der Waals surface area contributed by atoms with E-state index >= 15 is 0 Å². The van der Waals surface area contributed by atoms with Crippen molar-refractivity contribution in [3.05, 3.63) is 84.8 Å². The van der Waals surface area contributed by atoms with Gasteiger partial charge in [-0.2, -0.15) is 18.3 Å². The number of para-hydroxylation sites is 1. The third-order valence-corrected chi connectivity index (χ3v) is 6.23. The fourth-order valence-corrected chi connectivity index (χ4v) is 4.21. The zero-order valence-electron chi connectivity index (χ0n) is 18.3. The first-order valence-electron chi connectivity index (χ1n) is 10.3. The molecule has 0 aliphatic rings. The van der Waals surface area contributed by atoms with Gasteiger partial charge >= 0.3 is 6.18 Å². The van der Waals surface area contributed by atoms with Crippen LogP contribution in [0.4, 0.5) is 18.9 Å². The molecule has 7 nitrogen and oxygen atoms in total. The molecule has 2 aromatic carbocycles. The van der Waals surface area contributed by atoms with Crippen LogP contribution in [-0.4, -0.2) is 35.3 Å². The highest BCUT2D eigenvalue weighted by atomic mass is 32.2. The van der Waals surface area contributed by atoms with Gasteiger partial charge in [0.05, 0.1) is 4.90 Å². The van der Waals surface area contributed by atoms with E-state index in [1.54, 1.807) is 30.3 Å². The molecule has 0 saturated carbocycles. The SMILES string of the molecule is CS(=O)(=O)c1ccc(-c2c(-c3ccncc3)nn(CC(=O)Nc3ccccc3)c2C(F)(F)F)cc1. The van der Waals surface area contributed by atoms with E-state index in [1.807, 2.05) is 0 Å². The van der Waals surface area contributed by atoms with Gasteiger partial charge in [0.2, 0.25) is 5.91 Å². The van der Waals surface area contributed by atoms with Gasteiger partial charge in [-0.05, 0) is 42.0 Å². The summed E-state index contributed by atoms with van der Waals surface area (Å²) < 4.78 is 67.4. The van der Waals surface area contributed by atoms with Crippen molar-refractivity contribution in [2.45, 2.75) is 17.6 Å². The fraction of sp³-hybridized carbons (Fsp3) is 0.125. The lowest BCUT2D eigenvalue weighted by molar-refractivity contribution is -0.144. The maximum atomic E-state index is 14.4. The van der Waals surface area contributed by atoms with E-state index in [-0.39, 0.29) is 21.7 Å². The number of rotatable bonds is 6. The third kappa shape index (κ3) is 5.40. The number of nitrogens with one attached hydrogen (secondary N) is 1. The number of benzene rings is 2. The Kier molecular flexibility index (Phi) is 6.44. The lowest BCUT2D eigenvalue weighted by Gasteiger charge is -2.13. The van der Waals surface area contributed by atoms with Gasteiger partial charge in [-0.1, -0.05) is 30.3 Å². The Bertz CT molecular complexity index is 1450. The van der Waals surface area contributed by atoms with Gasteiger partial charge in [0.25, 0.3) is 0 Å². The molecule has 1 N–H and O–H groups in total. The zero-order chi connectivity index (χ0) is 25.2. The molecule has 0 bridgehead atoms. The second-order valence-corrected chi connectivity index (χ2v) is 9.69. The van der Waals surface area contributed by atoms with Gasteiger partial charge in [-0.3, -0.25) is 9.78 Å². The van der Waals surface area contributed by atoms with Crippen LogP contribution in [0.1, 0.15) is 5.69 Å². The largest absolute Gasteiger partial charge is 0.433 e. The Morgan fingerprint density at radius 1 is 0.943 bits per heavy atom. The van der Waals surface area contributed by atoms with Crippen molar-refractivity contribution in [2.24, 2.45) is 0 Å². The Balaban J connectivity index is 1.86. The van der Waals surface area contributed by atoms with Crippen molar-refractivity contribution in [2.75, 3.05) is 11.6 Å². The number of carbonyl (C=O) groups is 1. The van der Waals surface area contributed by atoms with E-state index in [2.05, 4.69) is 15.4 Å². The molecule has 4 rings (SSSR count). The monoisotopic (exact) mass is 500 g/mol. The first kappa shape index (κ1) is 24.1. The molecule has 0 fully saturated rings. The van der Waals surface area contributed by atoms with Crippen LogP contribution in [0.15, 0.2) is 84.0 Å². The van der Waals surface area contributed by atoms with E-state index in [0.717, 1.165) is 6.26 Å². The fourth-order valence-electron chi connectivity index (χ4n) is 3.58. The minimum Gasteiger partial charge on any atom is -0.324 e. The first-order chi connectivity index (χ1) is 16.5. The van der Waals surface area contributed by atoms with E-state index in [0.29, 0.717) is 15.9 Å². The summed E-state index contributed by atoms with van der Waals surface area (Å²) >= 11 is 0. The number of pyridine rings is 1. The van der Waals surface area contributed by atoms with Crippen LogP contribution in [0.2, 0.25) is 0 Å². The molecule has 0 atom stereocenters. The summed E-state index contributed by atoms with van der Waals surface area (Å²) in [5.74, 6) is -0.690. The van der Waals surface area contributed by atoms with Crippen LogP contribution in [0.5, 0.6) is 0 Å². The number of sulfone groups is 1. The second-order valence-electron chi connectivity index (χ2n) is 7.67. The summed E-state index contributed by atoms with van der Waals surface area (Å²) in [6.07, 6.45) is -1.02. The molecule has 180 valence electrons. The Hall–Kier alpha value is -3.99. The Labute approximate surface area is 199 Å². The topological polar surface area (TPSA) is 93.9 Å². The molecule has 0 aliphatic heterocycles. The van der Waals surface area contributed by atoms with Gasteiger partial charge in [0.1, 0.15) is 12.2 Å². The number of nitrogens with zero attached hydrogens (tertiary/aromatic N) is 3. The summed E-state index contributed by atoms with van der Waals surface area (Å²) in [6.45, 7) is -0.691. The van der Waals surface area contributed by atoms with E-state index in [9.17, 15) is 26.4 Å². The molecule has 2 aromatic heterocycles. The Morgan fingerprint density at radius 3 is 2.14 bits per heavy atom. The predicted molar refractivity (Wildman–Crippen MR) is 124 cm³/mol. The second kappa shape index (κ2) is 9.34. The van der Waals surface area contributed by atoms with E-state index < -0.39 is 34.2 Å². The van der Waals surface area contributed by atoms with Crippen LogP contribution in [0.3, 0.4) is 0 Å². The quantitative estimate of drug-likeness (QED) is 0.415. The van der Waals surface area contributed by atoms with Crippen LogP contribution in [0, 0.1) is 0 Å². The maximum absolute atomic E-state index is 14.4. The van der Waals surface area contributed by atoms with Crippen molar-refractivity contribution in [3.63, 3.8) is 0 Å². The summed E-state index contributed by atoms with van der Waals surface area (Å²) in [5, 5.41) is 6.72. The molecule has 11 heteroatoms. The van der Waals surface area contributed by atoms with Gasteiger partial charge in [0, 0.05) is 35.5 Å². The van der Waals surface area contributed by atoms with Crippen LogP contribution < -0.4 is 5.32 Å². The molecule has 35 heavy (non-hydrogen) atoms. The maximum Gasteiger partial charge on any atom is 0.433 e. The summed E-state index contributed by atoms with van der Waals surface area (Å²) in [7, 11) is -3.55. The summed E-state index contributed by atoms with van der Waals surface area (Å²) in [5.41, 5.74) is -0.513. The van der Waals surface area contributed by atoms with Crippen molar-refractivity contribution in [3.8, 4) is 22.4 Å². The molecule has 1 amide bonds. The Morgan fingerprint density at radius 2 is 1.57 bits per heavy atom. The molecular formula is C24H19F3N4O3S. The van der Waals surface area contributed by atoms with Crippen LogP contribution in [0.25, 0.3) is 22.4 Å². The van der Waals surface area contributed by atoms with Crippen LogP contribution >= 0.6 is 0 Å². The smallest absolute Gasteiger partial charge is 0.324 e. The predicted octanol–water partition coefficient (Wildman–Crippen LogP) is 4.67. The number of alkyl halides is 3. The van der Waals surface area contributed by atoms with Gasteiger partial charge < -0.3 is 5.32 Å². The van der Waals surface area contributed by atoms with E-state index in [4.69, 9.17) is 0 Å². The number of anilines is 1. The number of aromatic nitrogens is 3. The highest BCUT2D eigenvalue weighted by Crippen LogP contribution is 2.42. The number of hydrogen-bond donors (Lipinski definition) is 1. The minimum absolute atomic E-state index is 0.0145. The molecule has 0 unspecified atom stereocenters. The van der Waals surface area contributed by atoms with Crippen molar-refractivity contribution in [1.82, 2.24) is 14.8 Å². The first-order valence-corrected chi connectivity index (χ1v) is 12.2. The molecule has 0 radical (unpaired) electrons. The average molecular weight is 501 g/mol. The molecule has 0 spiro atoms. The zero-order valence-corrected chi connectivity index (χ0v) is 19.1. The highest BCUT2D eigenvalue weighted by Gasteiger charge is 2.41. The standard InChI is InChI=1S/C24H19F3N4O3S/c1-35(33,34)19-9-7-16(8-10-19)21-22(17-11-13-28-14-12-17)30-31(23(21)24(25,26)27)15-20(32)29-18-5-3-2-4-6-18/h2-14H,15H2,1H3,(H,29,32). The number of carbonyl (C=O) groups excluding carboxylic acids is 1. The molecule has 4 aromatic rings. The number of amides is 1. The molecular weight excluding hydrogens is 481 g/mol. The lowest BCUT2D eigenvalue weighted by Crippen LogP contribution is -2.24. The van der Waals surface area contributed by atoms with Crippen molar-refractivity contribution < 1.29 is 26.4 Å². The molecule has 0 aliphatic carbocycles. The van der Waals surface area contributed by atoms with E-state index in [1.165, 1.54) is 48.8 Å². The minimum atomic E-state index is -4.86. The molecule has 2 heterocycles. The summed E-state index contributed by atoms with van der Waals surface area (Å²) in [6, 6.07) is 16.4. The highest BCUT2D eigenvalue weighted by molar-refractivity contribution is 7.90. The van der Waals surface area contributed by atoms with Gasteiger partial charge in [-0.25, -0.2) is 13.1 Å². The number of halogens is 3. The normalized spacial score (nSPS) is 11.9. The van der Waals surface area contributed by atoms with Crippen LogP contribution in [-0.2, 0) is 27.4 Å². The van der Waals surface area contributed by atoms with Crippen molar-refractivity contribution in [1.29, 1.82) is 0 Å². The summed E-state index contributed by atoms with van der Waals surface area (Å²) in [4.78, 5) is 16.5. The van der Waals surface area contributed by atoms with Gasteiger partial charge in [-0.15, -0.1) is 0 Å². The number of hydrogen-bond acceptors (Lipinski definition) is 5. The van der Waals surface area contributed by atoms with Gasteiger partial charge in [0.15, 0.2) is 15.5 Å². The molecule has 0 saturated heterocycles. The lowest BCUT2D eigenvalue weighted by atomic mass is 9.99. The average Bonchev–Trinajstić information content (AvgIpc) is 3.19.